The summed E-state index contributed by atoms with van der Waals surface area (Å²) in [6.45, 7) is 0. The molecule has 0 atom stereocenters. The average Bonchev–Trinajstić information content (AvgIpc) is 2.69. The number of hydrogen-bond acceptors (Lipinski definition) is 0. The minimum absolute atomic E-state index is 1.14. The molecule has 0 saturated heterocycles. The van der Waals surface area contributed by atoms with Crippen molar-refractivity contribution in [2.75, 3.05) is 0 Å². The van der Waals surface area contributed by atoms with E-state index >= 15 is 0 Å². The Hall–Kier alpha value is -3.12. The van der Waals surface area contributed by atoms with E-state index in [1.165, 1.54) is 27.8 Å². The maximum absolute atomic E-state index is 3.46. The third-order valence-corrected chi connectivity index (χ3v) is 4.21. The molecule has 113 valence electrons. The first-order valence-electron chi connectivity index (χ1n) is 8.14. The van der Waals surface area contributed by atoms with Gasteiger partial charge in [0, 0.05) is 0 Å². The van der Waals surface area contributed by atoms with Crippen LogP contribution in [0, 0.1) is 6.07 Å². The van der Waals surface area contributed by atoms with Crippen molar-refractivity contribution in [1.82, 2.24) is 0 Å². The van der Waals surface area contributed by atoms with E-state index in [0.717, 1.165) is 5.56 Å². The predicted molar refractivity (Wildman–Crippen MR) is 102 cm³/mol. The van der Waals surface area contributed by atoms with Gasteiger partial charge in [-0.15, -0.1) is 0 Å². The van der Waals surface area contributed by atoms with Gasteiger partial charge in [-0.1, -0.05) is 103 Å². The number of rotatable bonds is 3. The molecule has 24 heavy (non-hydrogen) atoms. The standard InChI is InChI=1S/C24H17/c1-4-11-19(12-5-1)22-17-10-18-23(20-13-6-2-7-14-20)24(22)21-15-8-3-9-16-21/h1-17H. The first-order chi connectivity index (χ1) is 11.9. The lowest BCUT2D eigenvalue weighted by Gasteiger charge is -2.16. The Balaban J connectivity index is 2.02. The summed E-state index contributed by atoms with van der Waals surface area (Å²) in [6, 6.07) is 39.3. The lowest BCUT2D eigenvalue weighted by molar-refractivity contribution is 1.55. The fraction of sp³-hybridized carbons (Fsp3) is 0. The summed E-state index contributed by atoms with van der Waals surface area (Å²) in [4.78, 5) is 0. The van der Waals surface area contributed by atoms with E-state index < -0.39 is 0 Å². The second kappa shape index (κ2) is 6.55. The van der Waals surface area contributed by atoms with Crippen molar-refractivity contribution in [3.05, 3.63) is 109 Å². The largest absolute Gasteiger partial charge is 0.0622 e. The van der Waals surface area contributed by atoms with Crippen molar-refractivity contribution >= 4 is 0 Å². The van der Waals surface area contributed by atoms with Crippen molar-refractivity contribution < 1.29 is 0 Å². The molecule has 4 aromatic carbocycles. The highest BCUT2D eigenvalue weighted by Crippen LogP contribution is 2.39. The second-order valence-corrected chi connectivity index (χ2v) is 5.74. The Morgan fingerprint density at radius 2 is 0.958 bits per heavy atom. The van der Waals surface area contributed by atoms with Gasteiger partial charge in [0.05, 0.1) is 0 Å². The highest BCUT2D eigenvalue weighted by Gasteiger charge is 2.13. The monoisotopic (exact) mass is 305 g/mol. The Bertz CT molecular complexity index is 866. The first-order valence-corrected chi connectivity index (χ1v) is 8.14. The van der Waals surface area contributed by atoms with Gasteiger partial charge in [-0.3, -0.25) is 0 Å². The van der Waals surface area contributed by atoms with Gasteiger partial charge in [0.15, 0.2) is 0 Å². The van der Waals surface area contributed by atoms with Crippen LogP contribution in [0.4, 0.5) is 0 Å². The summed E-state index contributed by atoms with van der Waals surface area (Å²) in [6.07, 6.45) is 0. The summed E-state index contributed by atoms with van der Waals surface area (Å²) in [5.41, 5.74) is 7.24. The van der Waals surface area contributed by atoms with Crippen molar-refractivity contribution in [2.45, 2.75) is 0 Å². The van der Waals surface area contributed by atoms with Crippen LogP contribution in [-0.4, -0.2) is 0 Å². The second-order valence-electron chi connectivity index (χ2n) is 5.74. The zero-order valence-corrected chi connectivity index (χ0v) is 13.3. The SMILES string of the molecule is [c]1ccc(-c2ccccc2)c(-c2ccccc2)c1-c1ccccc1. The van der Waals surface area contributed by atoms with Crippen LogP contribution >= 0.6 is 0 Å². The summed E-state index contributed by atoms with van der Waals surface area (Å²) in [5.74, 6) is 0. The third-order valence-electron chi connectivity index (χ3n) is 4.21. The topological polar surface area (TPSA) is 0 Å². The fourth-order valence-electron chi connectivity index (χ4n) is 3.09. The van der Waals surface area contributed by atoms with Gasteiger partial charge in [0.1, 0.15) is 0 Å². The maximum atomic E-state index is 3.46. The number of hydrogen-bond donors (Lipinski definition) is 0. The van der Waals surface area contributed by atoms with Crippen LogP contribution in [-0.2, 0) is 0 Å². The molecule has 0 aromatic heterocycles. The third kappa shape index (κ3) is 2.75. The Labute approximate surface area is 143 Å². The maximum Gasteiger partial charge on any atom is -0.00203 e. The van der Waals surface area contributed by atoms with Gasteiger partial charge in [-0.05, 0) is 39.4 Å². The van der Waals surface area contributed by atoms with Crippen LogP contribution < -0.4 is 0 Å². The Morgan fingerprint density at radius 3 is 1.54 bits per heavy atom. The molecule has 0 aliphatic heterocycles. The van der Waals surface area contributed by atoms with E-state index in [2.05, 4.69) is 97.1 Å². The zero-order chi connectivity index (χ0) is 16.2. The van der Waals surface area contributed by atoms with E-state index in [1.54, 1.807) is 0 Å². The van der Waals surface area contributed by atoms with Gasteiger partial charge in [-0.25, -0.2) is 0 Å². The van der Waals surface area contributed by atoms with Gasteiger partial charge >= 0.3 is 0 Å². The van der Waals surface area contributed by atoms with Crippen molar-refractivity contribution in [3.63, 3.8) is 0 Å². The molecule has 0 bridgehead atoms. The lowest BCUT2D eigenvalue weighted by atomic mass is 9.88. The molecule has 0 heterocycles. The van der Waals surface area contributed by atoms with Crippen LogP contribution in [0.2, 0.25) is 0 Å². The first kappa shape index (κ1) is 14.5. The Morgan fingerprint density at radius 1 is 0.458 bits per heavy atom. The molecule has 0 aliphatic carbocycles. The van der Waals surface area contributed by atoms with E-state index in [-0.39, 0.29) is 0 Å². The molecule has 0 N–H and O–H groups in total. The quantitative estimate of drug-likeness (QED) is 0.406. The smallest absolute Gasteiger partial charge is 0.00203 e. The molecule has 0 unspecified atom stereocenters. The molecule has 0 saturated carbocycles. The molecule has 0 fully saturated rings. The Kier molecular flexibility index (Phi) is 3.95. The minimum atomic E-state index is 1.14. The summed E-state index contributed by atoms with van der Waals surface area (Å²) in [5, 5.41) is 0. The van der Waals surface area contributed by atoms with Crippen molar-refractivity contribution in [1.29, 1.82) is 0 Å². The molecule has 0 amide bonds. The minimum Gasteiger partial charge on any atom is -0.0622 e. The molecular formula is C24H17. The van der Waals surface area contributed by atoms with Gasteiger partial charge in [0.2, 0.25) is 0 Å². The van der Waals surface area contributed by atoms with Crippen molar-refractivity contribution in [2.24, 2.45) is 0 Å². The van der Waals surface area contributed by atoms with Gasteiger partial charge < -0.3 is 0 Å². The van der Waals surface area contributed by atoms with Gasteiger partial charge in [0.25, 0.3) is 0 Å². The van der Waals surface area contributed by atoms with Crippen LogP contribution in [0.1, 0.15) is 0 Å². The molecule has 0 nitrogen and oxygen atoms in total. The van der Waals surface area contributed by atoms with E-state index in [4.69, 9.17) is 0 Å². The van der Waals surface area contributed by atoms with Crippen LogP contribution in [0.25, 0.3) is 33.4 Å². The van der Waals surface area contributed by atoms with E-state index in [1.807, 2.05) is 12.1 Å². The molecular weight excluding hydrogens is 288 g/mol. The summed E-state index contributed by atoms with van der Waals surface area (Å²) in [7, 11) is 0. The van der Waals surface area contributed by atoms with Gasteiger partial charge in [-0.2, -0.15) is 0 Å². The average molecular weight is 305 g/mol. The summed E-state index contributed by atoms with van der Waals surface area (Å²) < 4.78 is 0. The van der Waals surface area contributed by atoms with E-state index in [9.17, 15) is 0 Å². The number of benzene rings is 4. The van der Waals surface area contributed by atoms with Crippen LogP contribution in [0.5, 0.6) is 0 Å². The fourth-order valence-corrected chi connectivity index (χ4v) is 3.09. The van der Waals surface area contributed by atoms with Crippen LogP contribution in [0.15, 0.2) is 103 Å². The molecule has 4 aromatic rings. The zero-order valence-electron chi connectivity index (χ0n) is 13.3. The van der Waals surface area contributed by atoms with E-state index in [0.29, 0.717) is 0 Å². The van der Waals surface area contributed by atoms with Crippen molar-refractivity contribution in [3.8, 4) is 33.4 Å². The summed E-state index contributed by atoms with van der Waals surface area (Å²) >= 11 is 0. The molecule has 0 spiro atoms. The lowest BCUT2D eigenvalue weighted by Crippen LogP contribution is -1.90. The van der Waals surface area contributed by atoms with Crippen LogP contribution in [0.3, 0.4) is 0 Å². The predicted octanol–water partition coefficient (Wildman–Crippen LogP) is 6.49. The molecule has 4 rings (SSSR count). The molecule has 1 radical (unpaired) electrons. The molecule has 0 aliphatic rings. The highest BCUT2D eigenvalue weighted by molar-refractivity contribution is 5.94. The normalized spacial score (nSPS) is 10.5. The highest BCUT2D eigenvalue weighted by atomic mass is 14.2. The molecule has 0 heteroatoms.